The van der Waals surface area contributed by atoms with Crippen molar-refractivity contribution in [3.63, 3.8) is 0 Å². The van der Waals surface area contributed by atoms with Crippen molar-refractivity contribution < 1.29 is 19.4 Å². The third kappa shape index (κ3) is 5.32. The van der Waals surface area contributed by atoms with Crippen LogP contribution in [0.4, 0.5) is 0 Å². The predicted octanol–water partition coefficient (Wildman–Crippen LogP) is 3.41. The minimum absolute atomic E-state index is 0.0364. The summed E-state index contributed by atoms with van der Waals surface area (Å²) < 4.78 is 11.7. The van der Waals surface area contributed by atoms with Crippen molar-refractivity contribution in [2.75, 3.05) is 0 Å². The van der Waals surface area contributed by atoms with E-state index in [4.69, 9.17) is 14.6 Å². The largest absolute Gasteiger partial charge is 0.459 e. The van der Waals surface area contributed by atoms with E-state index in [1.165, 1.54) is 19.3 Å². The first-order valence-electron chi connectivity index (χ1n) is 9.63. The molecule has 1 amide bonds. The molecule has 1 saturated carbocycles. The molecule has 5 heteroatoms. The average molecular weight is 359 g/mol. The van der Waals surface area contributed by atoms with E-state index in [0.717, 1.165) is 30.4 Å². The van der Waals surface area contributed by atoms with Gasteiger partial charge in [-0.1, -0.05) is 50.5 Å². The van der Waals surface area contributed by atoms with Gasteiger partial charge < -0.3 is 19.9 Å². The van der Waals surface area contributed by atoms with E-state index >= 15 is 0 Å². The van der Waals surface area contributed by atoms with Crippen LogP contribution in [0.3, 0.4) is 0 Å². The number of ether oxygens (including phenoxy) is 2. The van der Waals surface area contributed by atoms with E-state index in [1.807, 2.05) is 30.3 Å². The van der Waals surface area contributed by atoms with Gasteiger partial charge in [0, 0.05) is 12.5 Å². The Morgan fingerprint density at radius 1 is 1.19 bits per heavy atom. The first kappa shape index (κ1) is 18.9. The summed E-state index contributed by atoms with van der Waals surface area (Å²) in [5, 5.41) is 12.2. The minimum atomic E-state index is -0.417. The standard InChI is InChI=1S/C21H29NO4/c1-15-11-19(21(24)22-18-5-3-2-4-6-18)26-20(12-15)25-14-17-9-7-16(13-23)8-10-17/h7-11,15,18,20,23H,2-6,12-14H2,1H3,(H,22,24)/t15-,20+/m0/s1. The quantitative estimate of drug-likeness (QED) is 0.817. The Bertz CT molecular complexity index is 619. The van der Waals surface area contributed by atoms with Crippen molar-refractivity contribution in [2.45, 2.75) is 71.0 Å². The van der Waals surface area contributed by atoms with E-state index in [0.29, 0.717) is 12.4 Å². The molecule has 0 spiro atoms. The van der Waals surface area contributed by atoms with Gasteiger partial charge in [0.1, 0.15) is 0 Å². The number of nitrogens with one attached hydrogen (secondary N) is 1. The Kier molecular flexibility index (Phi) is 6.69. The molecule has 1 aliphatic carbocycles. The highest BCUT2D eigenvalue weighted by molar-refractivity contribution is 5.91. The van der Waals surface area contributed by atoms with E-state index in [9.17, 15) is 4.79 Å². The maximum absolute atomic E-state index is 12.5. The Labute approximate surface area is 155 Å². The lowest BCUT2D eigenvalue weighted by atomic mass is 9.95. The molecular weight excluding hydrogens is 330 g/mol. The Balaban J connectivity index is 1.51. The van der Waals surface area contributed by atoms with Crippen LogP contribution >= 0.6 is 0 Å². The van der Waals surface area contributed by atoms with Gasteiger partial charge in [-0.2, -0.15) is 0 Å². The topological polar surface area (TPSA) is 67.8 Å². The second-order valence-corrected chi connectivity index (χ2v) is 7.39. The van der Waals surface area contributed by atoms with Crippen LogP contribution in [0, 0.1) is 5.92 Å². The van der Waals surface area contributed by atoms with Crippen LogP contribution in [-0.4, -0.2) is 23.3 Å². The van der Waals surface area contributed by atoms with Gasteiger partial charge in [-0.15, -0.1) is 0 Å². The molecule has 0 aromatic heterocycles. The molecule has 2 aliphatic rings. The molecule has 5 nitrogen and oxygen atoms in total. The summed E-state index contributed by atoms with van der Waals surface area (Å²) >= 11 is 0. The molecule has 1 fully saturated rings. The number of benzene rings is 1. The molecule has 0 unspecified atom stereocenters. The summed E-state index contributed by atoms with van der Waals surface area (Å²) in [7, 11) is 0. The summed E-state index contributed by atoms with van der Waals surface area (Å²) in [6, 6.07) is 7.90. The molecule has 3 rings (SSSR count). The van der Waals surface area contributed by atoms with Crippen molar-refractivity contribution in [2.24, 2.45) is 5.92 Å². The van der Waals surface area contributed by atoms with Gasteiger partial charge in [0.15, 0.2) is 5.76 Å². The number of aliphatic hydroxyl groups excluding tert-OH is 1. The Morgan fingerprint density at radius 3 is 2.58 bits per heavy atom. The van der Waals surface area contributed by atoms with Crippen molar-refractivity contribution in [3.8, 4) is 0 Å². The van der Waals surface area contributed by atoms with E-state index < -0.39 is 6.29 Å². The fourth-order valence-electron chi connectivity index (χ4n) is 3.52. The highest BCUT2D eigenvalue weighted by atomic mass is 16.7. The molecule has 1 aromatic rings. The molecular formula is C21H29NO4. The van der Waals surface area contributed by atoms with Crippen LogP contribution in [0.1, 0.15) is 56.6 Å². The molecule has 0 bridgehead atoms. The monoisotopic (exact) mass is 359 g/mol. The van der Waals surface area contributed by atoms with Crippen LogP contribution < -0.4 is 5.32 Å². The highest BCUT2D eigenvalue weighted by Crippen LogP contribution is 2.25. The second-order valence-electron chi connectivity index (χ2n) is 7.39. The van der Waals surface area contributed by atoms with Crippen LogP contribution in [0.15, 0.2) is 36.1 Å². The van der Waals surface area contributed by atoms with Crippen LogP contribution in [-0.2, 0) is 27.5 Å². The van der Waals surface area contributed by atoms with Gasteiger partial charge >= 0.3 is 0 Å². The average Bonchev–Trinajstić information content (AvgIpc) is 2.67. The van der Waals surface area contributed by atoms with Gasteiger partial charge in [0.25, 0.3) is 5.91 Å². The van der Waals surface area contributed by atoms with Crippen molar-refractivity contribution in [1.82, 2.24) is 5.32 Å². The molecule has 1 heterocycles. The molecule has 0 radical (unpaired) electrons. The summed E-state index contributed by atoms with van der Waals surface area (Å²) in [5.41, 5.74) is 1.89. The van der Waals surface area contributed by atoms with Gasteiger partial charge in [0.2, 0.25) is 6.29 Å². The zero-order valence-electron chi connectivity index (χ0n) is 15.4. The lowest BCUT2D eigenvalue weighted by Crippen LogP contribution is -2.39. The molecule has 2 N–H and O–H groups in total. The second kappa shape index (κ2) is 9.19. The number of aliphatic hydroxyl groups is 1. The Morgan fingerprint density at radius 2 is 1.88 bits per heavy atom. The molecule has 1 aromatic carbocycles. The summed E-state index contributed by atoms with van der Waals surface area (Å²) in [6.07, 6.45) is 7.95. The normalized spacial score (nSPS) is 23.8. The van der Waals surface area contributed by atoms with E-state index in [1.54, 1.807) is 0 Å². The number of carbonyl (C=O) groups excluding carboxylic acids is 1. The number of carbonyl (C=O) groups is 1. The number of hydrogen-bond donors (Lipinski definition) is 2. The number of rotatable bonds is 6. The lowest BCUT2D eigenvalue weighted by Gasteiger charge is -2.29. The first-order chi connectivity index (χ1) is 12.6. The number of amides is 1. The van der Waals surface area contributed by atoms with Crippen molar-refractivity contribution in [1.29, 1.82) is 0 Å². The fraction of sp³-hybridized carbons (Fsp3) is 0.571. The molecule has 1 aliphatic heterocycles. The third-order valence-corrected chi connectivity index (χ3v) is 5.06. The maximum atomic E-state index is 12.5. The summed E-state index contributed by atoms with van der Waals surface area (Å²) in [4.78, 5) is 12.5. The summed E-state index contributed by atoms with van der Waals surface area (Å²) in [6.45, 7) is 2.53. The maximum Gasteiger partial charge on any atom is 0.286 e. The van der Waals surface area contributed by atoms with Crippen LogP contribution in [0.2, 0.25) is 0 Å². The van der Waals surface area contributed by atoms with Gasteiger partial charge in [-0.3, -0.25) is 4.79 Å². The minimum Gasteiger partial charge on any atom is -0.459 e. The lowest BCUT2D eigenvalue weighted by molar-refractivity contribution is -0.153. The molecule has 142 valence electrons. The van der Waals surface area contributed by atoms with Crippen LogP contribution in [0.5, 0.6) is 0 Å². The van der Waals surface area contributed by atoms with Gasteiger partial charge in [-0.05, 0) is 36.0 Å². The first-order valence-corrected chi connectivity index (χ1v) is 9.63. The van der Waals surface area contributed by atoms with Crippen molar-refractivity contribution >= 4 is 5.91 Å². The SMILES string of the molecule is C[C@H]1C=C(C(=O)NC2CCCCC2)O[C@@H](OCc2ccc(CO)cc2)C1. The predicted molar refractivity (Wildman–Crippen MR) is 98.9 cm³/mol. The van der Waals surface area contributed by atoms with Crippen molar-refractivity contribution in [3.05, 3.63) is 47.2 Å². The van der Waals surface area contributed by atoms with Crippen LogP contribution in [0.25, 0.3) is 0 Å². The summed E-state index contributed by atoms with van der Waals surface area (Å²) in [5.74, 6) is 0.497. The van der Waals surface area contributed by atoms with Gasteiger partial charge in [-0.25, -0.2) is 0 Å². The highest BCUT2D eigenvalue weighted by Gasteiger charge is 2.27. The fourth-order valence-corrected chi connectivity index (χ4v) is 3.52. The number of allylic oxidation sites excluding steroid dienone is 1. The van der Waals surface area contributed by atoms with Gasteiger partial charge in [0.05, 0.1) is 13.2 Å². The molecule has 26 heavy (non-hydrogen) atoms. The zero-order valence-corrected chi connectivity index (χ0v) is 15.4. The third-order valence-electron chi connectivity index (χ3n) is 5.06. The number of hydrogen-bond acceptors (Lipinski definition) is 4. The van der Waals surface area contributed by atoms with E-state index in [2.05, 4.69) is 12.2 Å². The zero-order chi connectivity index (χ0) is 18.4. The van der Waals surface area contributed by atoms with E-state index in [-0.39, 0.29) is 24.5 Å². The smallest absolute Gasteiger partial charge is 0.286 e. The Hall–Kier alpha value is -1.85. The molecule has 2 atom stereocenters. The molecule has 0 saturated heterocycles.